The van der Waals surface area contributed by atoms with Gasteiger partial charge in [0.1, 0.15) is 0 Å². The molecule has 0 amide bonds. The number of H-pyrrole nitrogens is 3. The Kier molecular flexibility index (Phi) is 2.74. The molecule has 0 fully saturated rings. The Hall–Kier alpha value is -3.48. The Morgan fingerprint density at radius 2 is 1.65 bits per heavy atom. The molecule has 0 radical (unpaired) electrons. The van der Waals surface area contributed by atoms with Crippen molar-refractivity contribution in [3.05, 3.63) is 73.7 Å². The summed E-state index contributed by atoms with van der Waals surface area (Å²) < 4.78 is 0. The highest BCUT2D eigenvalue weighted by Gasteiger charge is 2.08. The molecule has 0 atom stereocenters. The number of fused-ring (bicyclic) bond motifs is 2. The van der Waals surface area contributed by atoms with Gasteiger partial charge in [0.05, 0.1) is 28.3 Å². The van der Waals surface area contributed by atoms with E-state index in [9.17, 15) is 14.4 Å². The van der Waals surface area contributed by atoms with Crippen LogP contribution in [0.2, 0.25) is 0 Å². The highest BCUT2D eigenvalue weighted by molar-refractivity contribution is 5.93. The molecular formula is C16H10N4O3. The topological polar surface area (TPSA) is 111 Å². The minimum Gasteiger partial charge on any atom is -0.319 e. The average molecular weight is 306 g/mol. The number of rotatable bonds is 1. The molecule has 0 aliphatic rings. The lowest BCUT2D eigenvalue weighted by molar-refractivity contribution is 1.15. The van der Waals surface area contributed by atoms with Crippen LogP contribution in [-0.2, 0) is 0 Å². The fourth-order valence-corrected chi connectivity index (χ4v) is 2.59. The van der Waals surface area contributed by atoms with Gasteiger partial charge in [0.25, 0.3) is 5.56 Å². The summed E-state index contributed by atoms with van der Waals surface area (Å²) in [7, 11) is 0. The van der Waals surface area contributed by atoms with Crippen LogP contribution < -0.4 is 16.7 Å². The van der Waals surface area contributed by atoms with Crippen LogP contribution in [-0.4, -0.2) is 19.9 Å². The summed E-state index contributed by atoms with van der Waals surface area (Å²) in [5.41, 5.74) is 2.16. The number of hydrogen-bond acceptors (Lipinski definition) is 4. The first-order valence-electron chi connectivity index (χ1n) is 6.86. The molecule has 3 N–H and O–H groups in total. The lowest BCUT2D eigenvalue weighted by Gasteiger charge is -2.07. The third-order valence-corrected chi connectivity index (χ3v) is 3.64. The van der Waals surface area contributed by atoms with Crippen molar-refractivity contribution >= 4 is 22.1 Å². The van der Waals surface area contributed by atoms with Gasteiger partial charge in [-0.05, 0) is 23.8 Å². The van der Waals surface area contributed by atoms with Gasteiger partial charge in [-0.15, -0.1) is 0 Å². The Labute approximate surface area is 127 Å². The van der Waals surface area contributed by atoms with E-state index in [4.69, 9.17) is 0 Å². The summed E-state index contributed by atoms with van der Waals surface area (Å²) in [4.78, 5) is 46.4. The molecule has 7 heteroatoms. The Morgan fingerprint density at radius 1 is 0.826 bits per heavy atom. The zero-order chi connectivity index (χ0) is 16.0. The zero-order valence-electron chi connectivity index (χ0n) is 11.7. The molecule has 4 rings (SSSR count). The molecule has 23 heavy (non-hydrogen) atoms. The molecule has 7 nitrogen and oxygen atoms in total. The summed E-state index contributed by atoms with van der Waals surface area (Å²) in [5.74, 6) is 0. The van der Waals surface area contributed by atoms with E-state index in [-0.39, 0.29) is 5.56 Å². The largest absolute Gasteiger partial charge is 0.319 e. The van der Waals surface area contributed by atoms with Crippen molar-refractivity contribution in [2.75, 3.05) is 0 Å². The second kappa shape index (κ2) is 4.77. The van der Waals surface area contributed by atoms with Gasteiger partial charge < -0.3 is 15.0 Å². The van der Waals surface area contributed by atoms with E-state index in [1.807, 2.05) is 12.1 Å². The van der Waals surface area contributed by atoms with Crippen molar-refractivity contribution < 1.29 is 0 Å². The first kappa shape index (κ1) is 13.2. The maximum atomic E-state index is 11.6. The van der Waals surface area contributed by atoms with Crippen molar-refractivity contribution in [1.29, 1.82) is 0 Å². The molecule has 4 aromatic rings. The fourth-order valence-electron chi connectivity index (χ4n) is 2.59. The van der Waals surface area contributed by atoms with E-state index in [1.165, 1.54) is 6.20 Å². The number of aromatic amines is 3. The average Bonchev–Trinajstić information content (AvgIpc) is 2.55. The number of para-hydroxylation sites is 1. The minimum atomic E-state index is -0.708. The summed E-state index contributed by atoms with van der Waals surface area (Å²) in [6.07, 6.45) is 1.22. The third-order valence-electron chi connectivity index (χ3n) is 3.64. The highest BCUT2D eigenvalue weighted by atomic mass is 16.2. The van der Waals surface area contributed by atoms with E-state index >= 15 is 0 Å². The monoisotopic (exact) mass is 306 g/mol. The molecule has 0 aliphatic carbocycles. The number of nitrogens with zero attached hydrogens (tertiary/aromatic N) is 1. The van der Waals surface area contributed by atoms with Gasteiger partial charge in [-0.1, -0.05) is 18.2 Å². The molecule has 0 spiro atoms. The summed E-state index contributed by atoms with van der Waals surface area (Å²) in [6.45, 7) is 0. The van der Waals surface area contributed by atoms with Crippen LogP contribution >= 0.6 is 0 Å². The number of hydrogen-bond donors (Lipinski definition) is 3. The first-order valence-corrected chi connectivity index (χ1v) is 6.86. The molecule has 0 aliphatic heterocycles. The van der Waals surface area contributed by atoms with E-state index in [2.05, 4.69) is 19.9 Å². The zero-order valence-corrected chi connectivity index (χ0v) is 11.7. The highest BCUT2D eigenvalue weighted by Crippen LogP contribution is 2.26. The Morgan fingerprint density at radius 3 is 2.52 bits per heavy atom. The number of benzene rings is 2. The van der Waals surface area contributed by atoms with Crippen molar-refractivity contribution in [3.8, 4) is 11.1 Å². The molecule has 112 valence electrons. The molecular weight excluding hydrogens is 296 g/mol. The normalized spacial score (nSPS) is 11.1. The molecule has 2 aromatic heterocycles. The van der Waals surface area contributed by atoms with Gasteiger partial charge in [0.15, 0.2) is 0 Å². The Balaban J connectivity index is 2.05. The standard InChI is InChI=1S/C16H10N4O3/c21-13-7-17-10-5-4-8(6-12(10)18-13)9-2-1-3-11-14(9)20-16(23)15(22)19-11/h1-7H,(H,18,21)(H,19,22)(H,20,23). The minimum absolute atomic E-state index is 0.287. The second-order valence-corrected chi connectivity index (χ2v) is 5.12. The van der Waals surface area contributed by atoms with Crippen LogP contribution in [0.5, 0.6) is 0 Å². The van der Waals surface area contributed by atoms with E-state index in [0.717, 1.165) is 11.1 Å². The van der Waals surface area contributed by atoms with E-state index < -0.39 is 11.1 Å². The van der Waals surface area contributed by atoms with Crippen molar-refractivity contribution in [2.24, 2.45) is 0 Å². The van der Waals surface area contributed by atoms with Gasteiger partial charge in [0.2, 0.25) is 0 Å². The van der Waals surface area contributed by atoms with Gasteiger partial charge in [-0.25, -0.2) is 4.98 Å². The quantitative estimate of drug-likeness (QED) is 0.457. The lowest BCUT2D eigenvalue weighted by atomic mass is 10.0. The van der Waals surface area contributed by atoms with Crippen LogP contribution in [0.3, 0.4) is 0 Å². The summed E-state index contributed by atoms with van der Waals surface area (Å²) >= 11 is 0. The molecule has 0 saturated heterocycles. The van der Waals surface area contributed by atoms with Crippen molar-refractivity contribution in [3.63, 3.8) is 0 Å². The molecule has 0 bridgehead atoms. The second-order valence-electron chi connectivity index (χ2n) is 5.12. The third kappa shape index (κ3) is 2.15. The first-order chi connectivity index (χ1) is 11.1. The maximum absolute atomic E-state index is 11.6. The van der Waals surface area contributed by atoms with Gasteiger partial charge in [-0.3, -0.25) is 14.4 Å². The van der Waals surface area contributed by atoms with Crippen molar-refractivity contribution in [1.82, 2.24) is 19.9 Å². The maximum Gasteiger partial charge on any atom is 0.314 e. The van der Waals surface area contributed by atoms with Crippen LogP contribution in [0.15, 0.2) is 57.0 Å². The van der Waals surface area contributed by atoms with Gasteiger partial charge in [0, 0.05) is 5.56 Å². The molecule has 2 aromatic carbocycles. The predicted octanol–water partition coefficient (Wildman–Crippen LogP) is 1.12. The fraction of sp³-hybridized carbons (Fsp3) is 0. The van der Waals surface area contributed by atoms with Crippen LogP contribution in [0.25, 0.3) is 33.2 Å². The van der Waals surface area contributed by atoms with E-state index in [0.29, 0.717) is 22.1 Å². The summed E-state index contributed by atoms with van der Waals surface area (Å²) in [6, 6.07) is 10.7. The smallest absolute Gasteiger partial charge is 0.314 e. The van der Waals surface area contributed by atoms with Crippen molar-refractivity contribution in [2.45, 2.75) is 0 Å². The Bertz CT molecular complexity index is 1230. The molecule has 2 heterocycles. The predicted molar refractivity (Wildman–Crippen MR) is 86.5 cm³/mol. The SMILES string of the molecule is O=c1cnc2ccc(-c3cccc4[nH]c(=O)c(=O)[nH]c34)cc2[nH]1. The number of nitrogens with one attached hydrogen (secondary N) is 3. The van der Waals surface area contributed by atoms with Gasteiger partial charge >= 0.3 is 11.1 Å². The van der Waals surface area contributed by atoms with Crippen LogP contribution in [0, 0.1) is 0 Å². The summed E-state index contributed by atoms with van der Waals surface area (Å²) in [5, 5.41) is 0. The molecule has 0 unspecified atom stereocenters. The van der Waals surface area contributed by atoms with E-state index in [1.54, 1.807) is 24.3 Å². The number of aromatic nitrogens is 4. The van der Waals surface area contributed by atoms with Crippen LogP contribution in [0.4, 0.5) is 0 Å². The van der Waals surface area contributed by atoms with Gasteiger partial charge in [-0.2, -0.15) is 0 Å². The van der Waals surface area contributed by atoms with Crippen LogP contribution in [0.1, 0.15) is 0 Å². The molecule has 0 saturated carbocycles. The lowest BCUT2D eigenvalue weighted by Crippen LogP contribution is -2.29.